The van der Waals surface area contributed by atoms with Crippen LogP contribution in [0.5, 0.6) is 0 Å². The minimum Gasteiger partial charge on any atom is -0.356 e. The van der Waals surface area contributed by atoms with Crippen molar-refractivity contribution >= 4 is 44.7 Å². The number of sulfonamides is 1. The van der Waals surface area contributed by atoms with Gasteiger partial charge in [-0.15, -0.1) is 11.3 Å². The number of nitrogens with two attached hydrogens (primary N) is 1. The molecular formula is C22H28N6O4S2. The van der Waals surface area contributed by atoms with Crippen molar-refractivity contribution in [3.8, 4) is 0 Å². The van der Waals surface area contributed by atoms with Crippen LogP contribution < -0.4 is 20.8 Å². The van der Waals surface area contributed by atoms with E-state index in [2.05, 4.69) is 20.7 Å². The van der Waals surface area contributed by atoms with Gasteiger partial charge in [0.25, 0.3) is 5.91 Å². The second kappa shape index (κ2) is 10.1. The van der Waals surface area contributed by atoms with Gasteiger partial charge in [-0.3, -0.25) is 24.8 Å². The summed E-state index contributed by atoms with van der Waals surface area (Å²) in [7, 11) is -3.71. The number of rotatable bonds is 10. The van der Waals surface area contributed by atoms with E-state index < -0.39 is 10.0 Å². The number of nitrogens with one attached hydrogen (secondary N) is 2. The van der Waals surface area contributed by atoms with Crippen LogP contribution in [0.2, 0.25) is 0 Å². The van der Waals surface area contributed by atoms with Gasteiger partial charge >= 0.3 is 0 Å². The number of primary sulfonamides is 1. The number of carbonyl (C=O) groups excluding carboxylic acids is 2. The predicted octanol–water partition coefficient (Wildman–Crippen LogP) is 1.80. The lowest BCUT2D eigenvalue weighted by Gasteiger charge is -2.39. The number of hydrogen-bond donors (Lipinski definition) is 3. The van der Waals surface area contributed by atoms with E-state index in [4.69, 9.17) is 5.14 Å². The van der Waals surface area contributed by atoms with E-state index in [0.717, 1.165) is 28.4 Å². The number of hydrazone groups is 1. The van der Waals surface area contributed by atoms with Crippen molar-refractivity contribution in [2.75, 3.05) is 18.0 Å². The van der Waals surface area contributed by atoms with Gasteiger partial charge in [0.15, 0.2) is 0 Å². The van der Waals surface area contributed by atoms with Crippen LogP contribution in [0, 0.1) is 0 Å². The number of nitrogens with zero attached hydrogens (tertiary/aromatic N) is 3. The molecule has 3 heterocycles. The van der Waals surface area contributed by atoms with Gasteiger partial charge in [-0.25, -0.2) is 13.6 Å². The Balaban J connectivity index is 1.25. The third-order valence-electron chi connectivity index (χ3n) is 5.74. The van der Waals surface area contributed by atoms with Gasteiger partial charge in [-0.1, -0.05) is 19.1 Å². The van der Waals surface area contributed by atoms with Crippen LogP contribution in [0.25, 0.3) is 0 Å². The summed E-state index contributed by atoms with van der Waals surface area (Å²) in [4.78, 5) is 29.8. The van der Waals surface area contributed by atoms with Crippen LogP contribution in [0.3, 0.4) is 0 Å². The molecule has 0 bridgehead atoms. The van der Waals surface area contributed by atoms with E-state index in [0.29, 0.717) is 38.8 Å². The summed E-state index contributed by atoms with van der Waals surface area (Å²) in [6.07, 6.45) is 2.71. The van der Waals surface area contributed by atoms with Crippen LogP contribution in [0.15, 0.2) is 45.7 Å². The quantitative estimate of drug-likeness (QED) is 0.451. The Labute approximate surface area is 202 Å². The average molecular weight is 505 g/mol. The summed E-state index contributed by atoms with van der Waals surface area (Å²) < 4.78 is 22.6. The minimum atomic E-state index is -3.71. The molecule has 1 unspecified atom stereocenters. The standard InChI is InChI=1S/C22H28N6O4S2/c1-2-13-27-21(30)20-17(11-14-33-20)28-18(25-26-22(27)28)4-3-5-19(29)24-12-10-15-6-8-16(9-7-15)34(23,31)32/h6-9,11,14,22,26H,2-5,10,12-13H2,1H3,(H,24,29)(H2,23,31,32). The molecule has 1 aromatic carbocycles. The largest absolute Gasteiger partial charge is 0.356 e. The fourth-order valence-corrected chi connectivity index (χ4v) is 5.44. The molecule has 0 radical (unpaired) electrons. The van der Waals surface area contributed by atoms with Crippen molar-refractivity contribution in [3.63, 3.8) is 0 Å². The minimum absolute atomic E-state index is 0.0238. The van der Waals surface area contributed by atoms with Crippen LogP contribution in [-0.4, -0.2) is 50.3 Å². The number of thiophene rings is 1. The molecule has 34 heavy (non-hydrogen) atoms. The first-order valence-electron chi connectivity index (χ1n) is 11.2. The molecule has 1 aromatic heterocycles. The Bertz CT molecular complexity index is 1190. The zero-order valence-electron chi connectivity index (χ0n) is 18.9. The Morgan fingerprint density at radius 1 is 1.24 bits per heavy atom. The molecule has 1 atom stereocenters. The van der Waals surface area contributed by atoms with Crippen molar-refractivity contribution in [3.05, 3.63) is 46.2 Å². The van der Waals surface area contributed by atoms with Gasteiger partial charge in [-0.05, 0) is 48.4 Å². The number of benzene rings is 1. The highest BCUT2D eigenvalue weighted by Crippen LogP contribution is 2.36. The Kier molecular flexibility index (Phi) is 7.19. The summed E-state index contributed by atoms with van der Waals surface area (Å²) in [5, 5.41) is 14.4. The average Bonchev–Trinajstić information content (AvgIpc) is 3.44. The van der Waals surface area contributed by atoms with Crippen LogP contribution in [0.1, 0.15) is 47.8 Å². The Morgan fingerprint density at radius 3 is 2.71 bits per heavy atom. The molecule has 12 heteroatoms. The maximum atomic E-state index is 12.8. The number of carbonyl (C=O) groups is 2. The monoisotopic (exact) mass is 504 g/mol. The molecule has 0 aliphatic carbocycles. The van der Waals surface area contributed by atoms with Gasteiger partial charge in [0.2, 0.25) is 22.2 Å². The van der Waals surface area contributed by atoms with Gasteiger partial charge in [0.05, 0.1) is 10.6 Å². The topological polar surface area (TPSA) is 137 Å². The molecule has 2 aromatic rings. The highest BCUT2D eigenvalue weighted by molar-refractivity contribution is 7.89. The van der Waals surface area contributed by atoms with Crippen molar-refractivity contribution in [1.29, 1.82) is 0 Å². The van der Waals surface area contributed by atoms with Crippen LogP contribution in [-0.2, 0) is 21.2 Å². The van der Waals surface area contributed by atoms with Crippen molar-refractivity contribution < 1.29 is 18.0 Å². The number of amides is 2. The van der Waals surface area contributed by atoms with Crippen LogP contribution in [0.4, 0.5) is 5.69 Å². The predicted molar refractivity (Wildman–Crippen MR) is 131 cm³/mol. The Morgan fingerprint density at radius 2 is 2.00 bits per heavy atom. The lowest BCUT2D eigenvalue weighted by atomic mass is 10.1. The first-order valence-corrected chi connectivity index (χ1v) is 13.6. The van der Waals surface area contributed by atoms with Crippen molar-refractivity contribution in [2.45, 2.75) is 50.2 Å². The maximum Gasteiger partial charge on any atom is 0.269 e. The molecule has 182 valence electrons. The molecule has 4 N–H and O–H groups in total. The highest BCUT2D eigenvalue weighted by atomic mass is 32.2. The Hall–Kier alpha value is -2.96. The zero-order valence-corrected chi connectivity index (χ0v) is 20.5. The normalized spacial score (nSPS) is 17.2. The van der Waals surface area contributed by atoms with E-state index in [9.17, 15) is 18.0 Å². The summed E-state index contributed by atoms with van der Waals surface area (Å²) >= 11 is 1.44. The fourth-order valence-electron chi connectivity index (χ4n) is 4.09. The molecule has 10 nitrogen and oxygen atoms in total. The SMILES string of the molecule is CCCN1C(=O)c2sccc2N2C(CCCC(=O)NCCc3ccc(S(N)(=O)=O)cc3)=NNC12. The number of anilines is 1. The first kappa shape index (κ1) is 24.2. The lowest BCUT2D eigenvalue weighted by molar-refractivity contribution is -0.121. The molecular weight excluding hydrogens is 476 g/mol. The molecule has 0 saturated heterocycles. The van der Waals surface area contributed by atoms with Crippen molar-refractivity contribution in [1.82, 2.24) is 15.6 Å². The van der Waals surface area contributed by atoms with E-state index >= 15 is 0 Å². The molecule has 0 spiro atoms. The third-order valence-corrected chi connectivity index (χ3v) is 7.56. The molecule has 0 fully saturated rings. The second-order valence-electron chi connectivity index (χ2n) is 8.18. The molecule has 2 amide bonds. The first-order chi connectivity index (χ1) is 16.3. The summed E-state index contributed by atoms with van der Waals surface area (Å²) in [5.74, 6) is 0.790. The molecule has 2 aliphatic rings. The second-order valence-corrected chi connectivity index (χ2v) is 10.7. The van der Waals surface area contributed by atoms with Crippen molar-refractivity contribution in [2.24, 2.45) is 10.2 Å². The number of fused-ring (bicyclic) bond motifs is 3. The van der Waals surface area contributed by atoms with Gasteiger partial charge < -0.3 is 5.32 Å². The third kappa shape index (κ3) is 5.08. The van der Waals surface area contributed by atoms with Gasteiger partial charge in [-0.2, -0.15) is 5.10 Å². The van der Waals surface area contributed by atoms with E-state index in [-0.39, 0.29) is 23.0 Å². The van der Waals surface area contributed by atoms with E-state index in [1.54, 1.807) is 17.0 Å². The van der Waals surface area contributed by atoms with E-state index in [1.165, 1.54) is 23.5 Å². The number of amidine groups is 1. The molecule has 2 aliphatic heterocycles. The summed E-state index contributed by atoms with van der Waals surface area (Å²) in [6, 6.07) is 8.25. The maximum absolute atomic E-state index is 12.8. The molecule has 4 rings (SSSR count). The van der Waals surface area contributed by atoms with Gasteiger partial charge in [0.1, 0.15) is 10.7 Å². The smallest absolute Gasteiger partial charge is 0.269 e. The zero-order chi connectivity index (χ0) is 24.3. The summed E-state index contributed by atoms with van der Waals surface area (Å²) in [5.41, 5.74) is 4.87. The summed E-state index contributed by atoms with van der Waals surface area (Å²) in [6.45, 7) is 3.13. The van der Waals surface area contributed by atoms with E-state index in [1.807, 2.05) is 18.4 Å². The fraction of sp³-hybridized carbons (Fsp3) is 0.409. The lowest BCUT2D eigenvalue weighted by Crippen LogP contribution is -2.58. The molecule has 0 saturated carbocycles. The van der Waals surface area contributed by atoms with Gasteiger partial charge in [0, 0.05) is 25.9 Å². The van der Waals surface area contributed by atoms with Crippen LogP contribution >= 0.6 is 11.3 Å². The highest BCUT2D eigenvalue weighted by Gasteiger charge is 2.42. The number of hydrogen-bond acceptors (Lipinski definition) is 8.